The summed E-state index contributed by atoms with van der Waals surface area (Å²) in [4.78, 5) is 22.2. The van der Waals surface area contributed by atoms with Crippen molar-refractivity contribution in [1.82, 2.24) is 0 Å². The Morgan fingerprint density at radius 2 is 2.06 bits per heavy atom. The normalized spacial score (nSPS) is 27.4. The van der Waals surface area contributed by atoms with E-state index in [1.807, 2.05) is 13.8 Å². The largest absolute Gasteiger partial charge is 0.481 e. The third kappa shape index (κ3) is 2.45. The molecule has 0 aromatic heterocycles. The van der Waals surface area contributed by atoms with Gasteiger partial charge in [0.25, 0.3) is 0 Å². The van der Waals surface area contributed by atoms with Crippen molar-refractivity contribution in [2.75, 3.05) is 6.61 Å². The van der Waals surface area contributed by atoms with E-state index in [4.69, 9.17) is 9.84 Å². The van der Waals surface area contributed by atoms with Gasteiger partial charge in [0.2, 0.25) is 0 Å². The van der Waals surface area contributed by atoms with Crippen molar-refractivity contribution in [3.05, 3.63) is 10.6 Å². The van der Waals surface area contributed by atoms with Crippen LogP contribution in [-0.4, -0.2) is 23.7 Å². The van der Waals surface area contributed by atoms with Crippen LogP contribution in [0.5, 0.6) is 0 Å². The summed E-state index contributed by atoms with van der Waals surface area (Å²) in [5.41, 5.74) is -0.294. The number of allylic oxidation sites excluding steroid dienone is 1. The fourth-order valence-corrected chi connectivity index (χ4v) is 2.29. The Morgan fingerprint density at radius 3 is 2.44 bits per heavy atom. The first-order valence-electron chi connectivity index (χ1n) is 5.09. The molecule has 1 fully saturated rings. The number of carboxylic acids is 1. The lowest BCUT2D eigenvalue weighted by Gasteiger charge is -2.00. The molecule has 0 aromatic rings. The number of carboxylic acid groups (broad SMARTS) is 1. The van der Waals surface area contributed by atoms with Crippen LogP contribution in [0.4, 0.5) is 0 Å². The number of hydrogen-bond donors (Lipinski definition) is 1. The first-order chi connectivity index (χ1) is 7.32. The number of hydrogen-bond acceptors (Lipinski definition) is 3. The molecule has 5 heteroatoms. The summed E-state index contributed by atoms with van der Waals surface area (Å²) in [5, 5.41) is 8.95. The topological polar surface area (TPSA) is 63.6 Å². The fourth-order valence-electron chi connectivity index (χ4n) is 1.89. The van der Waals surface area contributed by atoms with E-state index >= 15 is 0 Å². The third-order valence-corrected chi connectivity index (χ3v) is 3.56. The van der Waals surface area contributed by atoms with Crippen LogP contribution in [0.3, 0.4) is 0 Å². The second kappa shape index (κ2) is 4.57. The van der Waals surface area contributed by atoms with Crippen LogP contribution in [0, 0.1) is 17.3 Å². The minimum Gasteiger partial charge on any atom is -0.481 e. The molecule has 4 nitrogen and oxygen atoms in total. The van der Waals surface area contributed by atoms with Gasteiger partial charge in [-0.1, -0.05) is 19.9 Å². The van der Waals surface area contributed by atoms with E-state index in [-0.39, 0.29) is 11.3 Å². The predicted octanol–water partition coefficient (Wildman–Crippen LogP) is 2.19. The highest BCUT2D eigenvalue weighted by Crippen LogP contribution is 2.59. The number of rotatable bonds is 4. The molecule has 0 amide bonds. The van der Waals surface area contributed by atoms with Crippen LogP contribution < -0.4 is 0 Å². The number of aliphatic carboxylic acids is 1. The zero-order chi connectivity index (χ0) is 12.5. The number of ether oxygens (including phenoxy) is 1. The molecular formula is C11H15BrO4. The van der Waals surface area contributed by atoms with Gasteiger partial charge in [-0.25, -0.2) is 4.79 Å². The maximum Gasteiger partial charge on any atom is 0.344 e. The van der Waals surface area contributed by atoms with E-state index in [2.05, 4.69) is 15.9 Å². The van der Waals surface area contributed by atoms with Gasteiger partial charge in [0, 0.05) is 0 Å². The molecule has 0 radical (unpaired) electrons. The molecular weight excluding hydrogens is 276 g/mol. The maximum atomic E-state index is 11.3. The van der Waals surface area contributed by atoms with Gasteiger partial charge in [-0.15, -0.1) is 0 Å². The lowest BCUT2D eigenvalue weighted by atomic mass is 10.1. The van der Waals surface area contributed by atoms with Gasteiger partial charge < -0.3 is 9.84 Å². The highest BCUT2D eigenvalue weighted by atomic mass is 79.9. The monoisotopic (exact) mass is 290 g/mol. The van der Waals surface area contributed by atoms with Crippen molar-refractivity contribution in [2.45, 2.75) is 20.8 Å². The minimum atomic E-state index is -0.824. The summed E-state index contributed by atoms with van der Waals surface area (Å²) in [6, 6.07) is 0. The Kier molecular flexibility index (Phi) is 3.78. The molecule has 0 aliphatic heterocycles. The lowest BCUT2D eigenvalue weighted by Crippen LogP contribution is -2.04. The first-order valence-corrected chi connectivity index (χ1v) is 5.89. The average Bonchev–Trinajstić information content (AvgIpc) is 2.68. The Labute approximate surface area is 103 Å². The third-order valence-electron chi connectivity index (χ3n) is 2.97. The second-order valence-electron chi connectivity index (χ2n) is 4.40. The van der Waals surface area contributed by atoms with Gasteiger partial charge in [-0.2, -0.15) is 0 Å². The first kappa shape index (κ1) is 13.2. The van der Waals surface area contributed by atoms with E-state index in [9.17, 15) is 9.59 Å². The summed E-state index contributed by atoms with van der Waals surface area (Å²) in [5.74, 6) is -1.82. The van der Waals surface area contributed by atoms with Gasteiger partial charge in [0.15, 0.2) is 0 Å². The van der Waals surface area contributed by atoms with E-state index in [1.54, 1.807) is 13.0 Å². The van der Waals surface area contributed by atoms with Crippen molar-refractivity contribution < 1.29 is 19.4 Å². The van der Waals surface area contributed by atoms with Gasteiger partial charge in [-0.3, -0.25) is 4.79 Å². The van der Waals surface area contributed by atoms with E-state index in [0.717, 1.165) is 0 Å². The number of carbonyl (C=O) groups excluding carboxylic acids is 1. The molecule has 0 aromatic carbocycles. The van der Waals surface area contributed by atoms with E-state index in [1.165, 1.54) is 0 Å². The highest BCUT2D eigenvalue weighted by Gasteiger charge is 2.61. The summed E-state index contributed by atoms with van der Waals surface area (Å²) in [6.45, 7) is 5.77. The molecule has 1 N–H and O–H groups in total. The Balaban J connectivity index is 2.72. The summed E-state index contributed by atoms with van der Waals surface area (Å²) in [7, 11) is 0. The summed E-state index contributed by atoms with van der Waals surface area (Å²) < 4.78 is 5.10. The van der Waals surface area contributed by atoms with Crippen molar-refractivity contribution in [3.8, 4) is 0 Å². The highest BCUT2D eigenvalue weighted by molar-refractivity contribution is 9.12. The Morgan fingerprint density at radius 1 is 1.50 bits per heavy atom. The molecule has 2 atom stereocenters. The van der Waals surface area contributed by atoms with Crippen LogP contribution in [0.2, 0.25) is 0 Å². The molecule has 1 aliphatic rings. The van der Waals surface area contributed by atoms with Crippen molar-refractivity contribution in [3.63, 3.8) is 0 Å². The van der Waals surface area contributed by atoms with Crippen LogP contribution in [0.15, 0.2) is 10.6 Å². The van der Waals surface area contributed by atoms with Gasteiger partial charge in [0.05, 0.1) is 17.0 Å². The van der Waals surface area contributed by atoms with Crippen LogP contribution in [0.1, 0.15) is 20.8 Å². The van der Waals surface area contributed by atoms with Crippen molar-refractivity contribution >= 4 is 27.9 Å². The minimum absolute atomic E-state index is 0.121. The Hall–Kier alpha value is -0.840. The molecule has 0 bridgehead atoms. The zero-order valence-corrected chi connectivity index (χ0v) is 11.1. The van der Waals surface area contributed by atoms with Gasteiger partial charge in [0.1, 0.15) is 0 Å². The number of carbonyl (C=O) groups is 2. The molecule has 2 unspecified atom stereocenters. The SMILES string of the molecule is CCOC(=O)/C(Br)=C/C1C(C(=O)O)C1(C)C. The standard InChI is InChI=1S/C11H15BrO4/c1-4-16-10(15)7(12)5-6-8(9(13)14)11(6,2)3/h5-6,8H,4H2,1-3H3,(H,13,14)/b7-5-. The van der Waals surface area contributed by atoms with Crippen molar-refractivity contribution in [1.29, 1.82) is 0 Å². The van der Waals surface area contributed by atoms with E-state index < -0.39 is 17.9 Å². The molecule has 0 heterocycles. The predicted molar refractivity (Wildman–Crippen MR) is 62.0 cm³/mol. The smallest absolute Gasteiger partial charge is 0.344 e. The molecule has 0 spiro atoms. The second-order valence-corrected chi connectivity index (χ2v) is 5.25. The molecule has 1 rings (SSSR count). The van der Waals surface area contributed by atoms with Gasteiger partial charge in [-0.05, 0) is 34.2 Å². The quantitative estimate of drug-likeness (QED) is 0.637. The molecule has 1 saturated carbocycles. The molecule has 0 saturated heterocycles. The maximum absolute atomic E-state index is 11.3. The van der Waals surface area contributed by atoms with Gasteiger partial charge >= 0.3 is 11.9 Å². The average molecular weight is 291 g/mol. The number of esters is 1. The molecule has 90 valence electrons. The van der Waals surface area contributed by atoms with Crippen molar-refractivity contribution in [2.24, 2.45) is 17.3 Å². The van der Waals surface area contributed by atoms with E-state index in [0.29, 0.717) is 11.1 Å². The van der Waals surface area contributed by atoms with Crippen LogP contribution >= 0.6 is 15.9 Å². The molecule has 1 aliphatic carbocycles. The summed E-state index contributed by atoms with van der Waals surface area (Å²) >= 11 is 3.11. The summed E-state index contributed by atoms with van der Waals surface area (Å²) in [6.07, 6.45) is 1.64. The Bertz CT molecular complexity index is 346. The van der Waals surface area contributed by atoms with Crippen LogP contribution in [-0.2, 0) is 14.3 Å². The zero-order valence-electron chi connectivity index (χ0n) is 9.49. The van der Waals surface area contributed by atoms with Crippen LogP contribution in [0.25, 0.3) is 0 Å². The lowest BCUT2D eigenvalue weighted by molar-refractivity contribution is -0.140. The molecule has 16 heavy (non-hydrogen) atoms. The fraction of sp³-hybridized carbons (Fsp3) is 0.636. The number of halogens is 1.